The van der Waals surface area contributed by atoms with E-state index in [9.17, 15) is 15.0 Å². The van der Waals surface area contributed by atoms with Crippen LogP contribution in [0.5, 0.6) is 0 Å². The summed E-state index contributed by atoms with van der Waals surface area (Å²) in [5, 5.41) is 32.0. The summed E-state index contributed by atoms with van der Waals surface area (Å²) in [7, 11) is 0. The second-order valence-electron chi connectivity index (χ2n) is 10.4. The van der Waals surface area contributed by atoms with Crippen LogP contribution in [-0.4, -0.2) is 50.6 Å². The fourth-order valence-electron chi connectivity index (χ4n) is 7.13. The molecule has 8 heteroatoms. The number of rotatable bonds is 4. The molecule has 8 rings (SSSR count). The van der Waals surface area contributed by atoms with Gasteiger partial charge in [0.2, 0.25) is 0 Å². The maximum atomic E-state index is 13.3. The van der Waals surface area contributed by atoms with Crippen molar-refractivity contribution in [1.29, 1.82) is 0 Å². The number of para-hydroxylation sites is 2. The lowest BCUT2D eigenvalue weighted by Crippen LogP contribution is -2.56. The lowest BCUT2D eigenvalue weighted by molar-refractivity contribution is -0.175. The van der Waals surface area contributed by atoms with Crippen LogP contribution >= 0.6 is 0 Å². The number of hydrogen-bond acceptors (Lipinski definition) is 5. The largest absolute Gasteiger partial charge is 0.395 e. The molecule has 2 aromatic heterocycles. The van der Waals surface area contributed by atoms with E-state index in [1.807, 2.05) is 31.2 Å². The zero-order valence-corrected chi connectivity index (χ0v) is 19.8. The van der Waals surface area contributed by atoms with Crippen molar-refractivity contribution in [2.24, 2.45) is 0 Å². The predicted molar refractivity (Wildman–Crippen MR) is 137 cm³/mol. The van der Waals surface area contributed by atoms with Gasteiger partial charge in [-0.25, -0.2) is 0 Å². The molecule has 1 fully saturated rings. The molecule has 3 aliphatic heterocycles. The molecule has 3 atom stereocenters. The number of benzene rings is 3. The first-order chi connectivity index (χ1) is 17.5. The minimum absolute atomic E-state index is 0.00731. The number of fused-ring (bicyclic) bond motifs is 13. The summed E-state index contributed by atoms with van der Waals surface area (Å²) in [6.07, 6.45) is -0.0606. The molecule has 0 radical (unpaired) electrons. The van der Waals surface area contributed by atoms with Crippen LogP contribution in [-0.2, 0) is 17.0 Å². The lowest BCUT2D eigenvalue weighted by atomic mass is 9.88. The van der Waals surface area contributed by atoms with Crippen molar-refractivity contribution in [2.75, 3.05) is 19.7 Å². The maximum absolute atomic E-state index is 13.3. The minimum atomic E-state index is -1.25. The number of carbonyl (C=O) groups is 1. The van der Waals surface area contributed by atoms with E-state index in [0.717, 1.165) is 54.7 Å². The summed E-state index contributed by atoms with van der Waals surface area (Å²) in [5.74, 6) is -0.0436. The van der Waals surface area contributed by atoms with Gasteiger partial charge in [0, 0.05) is 47.6 Å². The van der Waals surface area contributed by atoms with Gasteiger partial charge in [0.05, 0.1) is 34.2 Å². The van der Waals surface area contributed by atoms with E-state index in [-0.39, 0.29) is 19.1 Å². The van der Waals surface area contributed by atoms with Crippen LogP contribution in [0.1, 0.15) is 35.5 Å². The fourth-order valence-corrected chi connectivity index (χ4v) is 7.13. The van der Waals surface area contributed by atoms with Crippen molar-refractivity contribution < 1.29 is 19.7 Å². The van der Waals surface area contributed by atoms with E-state index in [0.29, 0.717) is 19.5 Å². The number of amides is 1. The normalized spacial score (nSPS) is 26.5. The molecule has 3 aromatic carbocycles. The number of aliphatic hydroxyl groups excluding tert-OH is 1. The third-order valence-electron chi connectivity index (χ3n) is 8.68. The average molecular weight is 483 g/mol. The first kappa shape index (κ1) is 20.7. The van der Waals surface area contributed by atoms with Gasteiger partial charge in [-0.2, -0.15) is 0 Å². The van der Waals surface area contributed by atoms with Gasteiger partial charge in [-0.05, 0) is 24.6 Å². The Labute approximate surface area is 206 Å². The number of aromatic nitrogens is 2. The molecule has 4 N–H and O–H groups in total. The van der Waals surface area contributed by atoms with Gasteiger partial charge in [0.25, 0.3) is 5.91 Å². The van der Waals surface area contributed by atoms with Crippen LogP contribution < -0.4 is 10.6 Å². The summed E-state index contributed by atoms with van der Waals surface area (Å²) < 4.78 is 11.3. The molecule has 5 aromatic rings. The van der Waals surface area contributed by atoms with E-state index < -0.39 is 17.6 Å². The molecule has 0 aliphatic carbocycles. The quantitative estimate of drug-likeness (QED) is 0.295. The molecular formula is C28H26N4O4. The Morgan fingerprint density at radius 2 is 1.81 bits per heavy atom. The van der Waals surface area contributed by atoms with Crippen LogP contribution in [0, 0.1) is 0 Å². The highest BCUT2D eigenvalue weighted by Crippen LogP contribution is 2.57. The van der Waals surface area contributed by atoms with Crippen LogP contribution in [0.2, 0.25) is 0 Å². The second kappa shape index (κ2) is 6.66. The first-order valence-corrected chi connectivity index (χ1v) is 12.5. The summed E-state index contributed by atoms with van der Waals surface area (Å²) in [4.78, 5) is 13.3. The van der Waals surface area contributed by atoms with Gasteiger partial charge in [0.1, 0.15) is 11.8 Å². The molecule has 5 heterocycles. The number of aliphatic hydroxyl groups is 2. The van der Waals surface area contributed by atoms with Crippen LogP contribution in [0.4, 0.5) is 0 Å². The summed E-state index contributed by atoms with van der Waals surface area (Å²) in [6.45, 7) is 3.09. The number of carbonyl (C=O) groups excluding carboxylic acids is 1. The fraction of sp³-hybridized carbons (Fsp3) is 0.321. The maximum Gasteiger partial charge on any atom is 0.252 e. The second-order valence-corrected chi connectivity index (χ2v) is 10.4. The molecule has 2 bridgehead atoms. The van der Waals surface area contributed by atoms with E-state index in [1.165, 1.54) is 0 Å². The molecule has 1 saturated heterocycles. The highest BCUT2D eigenvalue weighted by atomic mass is 16.6. The van der Waals surface area contributed by atoms with Gasteiger partial charge in [0.15, 0.2) is 5.72 Å². The Morgan fingerprint density at radius 1 is 1.08 bits per heavy atom. The van der Waals surface area contributed by atoms with Gasteiger partial charge < -0.3 is 34.7 Å². The minimum Gasteiger partial charge on any atom is -0.395 e. The smallest absolute Gasteiger partial charge is 0.252 e. The van der Waals surface area contributed by atoms with Gasteiger partial charge in [-0.1, -0.05) is 36.4 Å². The molecule has 1 amide bonds. The zero-order valence-electron chi connectivity index (χ0n) is 19.8. The SMILES string of the molecule is CC12OC(CC1(O)CNCCO)n1c3ccccc3c3c4c(c5c6ccccc6n2c5c31)CNC4=O. The first-order valence-electron chi connectivity index (χ1n) is 12.5. The summed E-state index contributed by atoms with van der Waals surface area (Å²) in [6, 6.07) is 16.3. The van der Waals surface area contributed by atoms with Crippen molar-refractivity contribution in [3.63, 3.8) is 0 Å². The highest BCUT2D eigenvalue weighted by Gasteiger charge is 2.60. The molecule has 0 saturated carbocycles. The lowest BCUT2D eigenvalue weighted by Gasteiger charge is -2.40. The number of ether oxygens (including phenoxy) is 1. The Morgan fingerprint density at radius 3 is 2.58 bits per heavy atom. The van der Waals surface area contributed by atoms with Crippen molar-refractivity contribution >= 4 is 49.5 Å². The number of nitrogens with zero attached hydrogens (tertiary/aromatic N) is 2. The third-order valence-corrected chi connectivity index (χ3v) is 8.68. The van der Waals surface area contributed by atoms with Crippen LogP contribution in [0.15, 0.2) is 48.5 Å². The average Bonchev–Trinajstić information content (AvgIpc) is 3.56. The van der Waals surface area contributed by atoms with Crippen LogP contribution in [0.3, 0.4) is 0 Å². The monoisotopic (exact) mass is 482 g/mol. The highest BCUT2D eigenvalue weighted by molar-refractivity contribution is 6.31. The van der Waals surface area contributed by atoms with Gasteiger partial charge in [-0.15, -0.1) is 0 Å². The third kappa shape index (κ3) is 2.19. The molecule has 8 nitrogen and oxygen atoms in total. The topological polar surface area (TPSA) is 101 Å². The van der Waals surface area contributed by atoms with E-state index >= 15 is 0 Å². The number of hydrogen-bond donors (Lipinski definition) is 4. The Kier molecular flexibility index (Phi) is 3.83. The number of nitrogens with one attached hydrogen (secondary N) is 2. The summed E-state index contributed by atoms with van der Waals surface area (Å²) >= 11 is 0. The Bertz CT molecular complexity index is 1790. The van der Waals surface area contributed by atoms with Crippen LogP contribution in [0.25, 0.3) is 43.6 Å². The van der Waals surface area contributed by atoms with Crippen molar-refractivity contribution in [3.8, 4) is 0 Å². The molecule has 36 heavy (non-hydrogen) atoms. The van der Waals surface area contributed by atoms with Crippen molar-refractivity contribution in [2.45, 2.75) is 37.4 Å². The molecule has 3 unspecified atom stereocenters. The predicted octanol–water partition coefficient (Wildman–Crippen LogP) is 3.06. The van der Waals surface area contributed by atoms with E-state index in [4.69, 9.17) is 4.74 Å². The van der Waals surface area contributed by atoms with Crippen molar-refractivity contribution in [3.05, 3.63) is 59.7 Å². The molecular weight excluding hydrogens is 456 g/mol. The Balaban J connectivity index is 1.63. The van der Waals surface area contributed by atoms with Gasteiger partial charge >= 0.3 is 0 Å². The summed E-state index contributed by atoms with van der Waals surface area (Å²) in [5.41, 5.74) is 3.34. The van der Waals surface area contributed by atoms with E-state index in [2.05, 4.69) is 44.0 Å². The standard InChI is InChI=1S/C28H26N4O4/c1-27-28(35,14-29-10-11-33)12-20(36-27)31-18-8-4-2-6-15(18)22-23-17(13-30-26(23)34)21-16-7-3-5-9-19(16)32(27)25(21)24(22)31/h2-9,20,29,33,35H,10-14H2,1H3,(H,30,34). The van der Waals surface area contributed by atoms with Gasteiger partial charge in [-0.3, -0.25) is 4.79 Å². The van der Waals surface area contributed by atoms with E-state index in [1.54, 1.807) is 0 Å². The zero-order chi connectivity index (χ0) is 24.4. The van der Waals surface area contributed by atoms with Crippen molar-refractivity contribution in [1.82, 2.24) is 19.8 Å². The Hall–Kier alpha value is -3.43. The molecule has 0 spiro atoms. The molecule has 182 valence electrons. The molecule has 3 aliphatic rings.